The Hall–Kier alpha value is -0.830. The first-order valence-corrected chi connectivity index (χ1v) is 7.13. The summed E-state index contributed by atoms with van der Waals surface area (Å²) in [6.45, 7) is 4.33. The lowest BCUT2D eigenvalue weighted by Crippen LogP contribution is -2.37. The van der Waals surface area contributed by atoms with E-state index in [1.165, 1.54) is 0 Å². The lowest BCUT2D eigenvalue weighted by molar-refractivity contribution is -0.121. The van der Waals surface area contributed by atoms with E-state index in [1.54, 1.807) is 0 Å². The average molecular weight is 298 g/mol. The SMILES string of the molecule is CC(C)CC(CBr)NC(=O)Cc1ccccc1. The standard InChI is InChI=1S/C14H20BrNO/c1-11(2)8-13(10-15)16-14(17)9-12-6-4-3-5-7-12/h3-7,11,13H,8-10H2,1-2H3,(H,16,17). The van der Waals surface area contributed by atoms with Crippen LogP contribution in [-0.2, 0) is 11.2 Å². The van der Waals surface area contributed by atoms with Crippen LogP contribution >= 0.6 is 15.9 Å². The molecule has 0 aromatic heterocycles. The second kappa shape index (κ2) is 7.49. The van der Waals surface area contributed by atoms with Gasteiger partial charge in [-0.25, -0.2) is 0 Å². The van der Waals surface area contributed by atoms with Gasteiger partial charge in [-0.3, -0.25) is 4.79 Å². The molecule has 0 bridgehead atoms. The summed E-state index contributed by atoms with van der Waals surface area (Å²) in [5.41, 5.74) is 1.06. The van der Waals surface area contributed by atoms with Crippen molar-refractivity contribution in [1.82, 2.24) is 5.32 Å². The van der Waals surface area contributed by atoms with Gasteiger partial charge in [0, 0.05) is 11.4 Å². The summed E-state index contributed by atoms with van der Waals surface area (Å²) in [6.07, 6.45) is 1.47. The third-order valence-electron chi connectivity index (χ3n) is 2.51. The molecule has 1 atom stereocenters. The van der Waals surface area contributed by atoms with Gasteiger partial charge in [0.2, 0.25) is 5.91 Å². The van der Waals surface area contributed by atoms with Crippen LogP contribution in [0.15, 0.2) is 30.3 Å². The van der Waals surface area contributed by atoms with Crippen molar-refractivity contribution in [1.29, 1.82) is 0 Å². The normalized spacial score (nSPS) is 12.5. The predicted octanol–water partition coefficient (Wildman–Crippen LogP) is 3.15. The molecule has 1 amide bonds. The molecule has 0 aliphatic carbocycles. The summed E-state index contributed by atoms with van der Waals surface area (Å²) in [5, 5.41) is 3.87. The Kier molecular flexibility index (Phi) is 6.27. The fourth-order valence-electron chi connectivity index (χ4n) is 1.79. The highest BCUT2D eigenvalue weighted by Crippen LogP contribution is 2.07. The number of alkyl halides is 1. The smallest absolute Gasteiger partial charge is 0.224 e. The molecule has 0 saturated carbocycles. The minimum absolute atomic E-state index is 0.0984. The van der Waals surface area contributed by atoms with Crippen molar-refractivity contribution in [3.63, 3.8) is 0 Å². The topological polar surface area (TPSA) is 29.1 Å². The minimum Gasteiger partial charge on any atom is -0.352 e. The minimum atomic E-state index is 0.0984. The highest BCUT2D eigenvalue weighted by molar-refractivity contribution is 9.09. The highest BCUT2D eigenvalue weighted by atomic mass is 79.9. The van der Waals surface area contributed by atoms with Crippen LogP contribution in [0.3, 0.4) is 0 Å². The number of carbonyl (C=O) groups is 1. The molecule has 0 spiro atoms. The number of halogens is 1. The monoisotopic (exact) mass is 297 g/mol. The number of hydrogen-bond acceptors (Lipinski definition) is 1. The number of nitrogens with one attached hydrogen (secondary N) is 1. The molecule has 1 N–H and O–H groups in total. The zero-order chi connectivity index (χ0) is 12.7. The number of amides is 1. The molecule has 1 aromatic carbocycles. The van der Waals surface area contributed by atoms with E-state index in [-0.39, 0.29) is 11.9 Å². The van der Waals surface area contributed by atoms with Crippen molar-refractivity contribution >= 4 is 21.8 Å². The Morgan fingerprint density at radius 1 is 1.29 bits per heavy atom. The van der Waals surface area contributed by atoms with Crippen LogP contribution in [-0.4, -0.2) is 17.3 Å². The van der Waals surface area contributed by atoms with Gasteiger partial charge in [-0.2, -0.15) is 0 Å². The molecular formula is C14H20BrNO. The van der Waals surface area contributed by atoms with Gasteiger partial charge in [0.05, 0.1) is 6.42 Å². The molecule has 3 heteroatoms. The molecule has 0 heterocycles. The van der Waals surface area contributed by atoms with E-state index in [4.69, 9.17) is 0 Å². The maximum Gasteiger partial charge on any atom is 0.224 e. The fourth-order valence-corrected chi connectivity index (χ4v) is 2.22. The lowest BCUT2D eigenvalue weighted by atomic mass is 10.0. The van der Waals surface area contributed by atoms with Crippen LogP contribution in [0.5, 0.6) is 0 Å². The van der Waals surface area contributed by atoms with Crippen LogP contribution in [0.25, 0.3) is 0 Å². The summed E-state index contributed by atoms with van der Waals surface area (Å²) in [4.78, 5) is 11.8. The van der Waals surface area contributed by atoms with E-state index in [1.807, 2.05) is 30.3 Å². The van der Waals surface area contributed by atoms with Gasteiger partial charge in [-0.1, -0.05) is 60.1 Å². The third kappa shape index (κ3) is 5.87. The zero-order valence-corrected chi connectivity index (χ0v) is 12.0. The van der Waals surface area contributed by atoms with E-state index in [0.717, 1.165) is 17.3 Å². The number of hydrogen-bond donors (Lipinski definition) is 1. The Bertz CT molecular complexity index is 337. The molecule has 0 aliphatic heterocycles. The average Bonchev–Trinajstić information content (AvgIpc) is 2.28. The maximum absolute atomic E-state index is 11.8. The predicted molar refractivity (Wildman–Crippen MR) is 75.3 cm³/mol. The van der Waals surface area contributed by atoms with Crippen LogP contribution in [0.2, 0.25) is 0 Å². The molecule has 0 fully saturated rings. The molecule has 1 aromatic rings. The van der Waals surface area contributed by atoms with Crippen LogP contribution in [0.1, 0.15) is 25.8 Å². The molecular weight excluding hydrogens is 278 g/mol. The molecule has 0 saturated heterocycles. The summed E-state index contributed by atoms with van der Waals surface area (Å²) in [6, 6.07) is 10.1. The third-order valence-corrected chi connectivity index (χ3v) is 3.30. The van der Waals surface area contributed by atoms with Gasteiger partial charge < -0.3 is 5.32 Å². The van der Waals surface area contributed by atoms with E-state index < -0.39 is 0 Å². The highest BCUT2D eigenvalue weighted by Gasteiger charge is 2.12. The molecule has 0 aliphatic rings. The molecule has 2 nitrogen and oxygen atoms in total. The van der Waals surface area contributed by atoms with Gasteiger partial charge in [-0.05, 0) is 17.9 Å². The van der Waals surface area contributed by atoms with Crippen molar-refractivity contribution in [3.8, 4) is 0 Å². The van der Waals surface area contributed by atoms with Gasteiger partial charge in [0.15, 0.2) is 0 Å². The van der Waals surface area contributed by atoms with E-state index in [9.17, 15) is 4.79 Å². The van der Waals surface area contributed by atoms with E-state index in [0.29, 0.717) is 12.3 Å². The Labute approximate surface area is 112 Å². The number of rotatable bonds is 6. The van der Waals surface area contributed by atoms with E-state index in [2.05, 4.69) is 35.1 Å². The summed E-state index contributed by atoms with van der Waals surface area (Å²) >= 11 is 3.44. The summed E-state index contributed by atoms with van der Waals surface area (Å²) < 4.78 is 0. The lowest BCUT2D eigenvalue weighted by Gasteiger charge is -2.18. The van der Waals surface area contributed by atoms with Gasteiger partial charge >= 0.3 is 0 Å². The van der Waals surface area contributed by atoms with Gasteiger partial charge in [0.1, 0.15) is 0 Å². The Balaban J connectivity index is 2.43. The fraction of sp³-hybridized carbons (Fsp3) is 0.500. The first-order chi connectivity index (χ1) is 8.11. The van der Waals surface area contributed by atoms with Crippen LogP contribution in [0.4, 0.5) is 0 Å². The van der Waals surface area contributed by atoms with Crippen molar-refractivity contribution in [3.05, 3.63) is 35.9 Å². The van der Waals surface area contributed by atoms with Crippen molar-refractivity contribution < 1.29 is 4.79 Å². The molecule has 1 unspecified atom stereocenters. The molecule has 1 rings (SSSR count). The van der Waals surface area contributed by atoms with Crippen molar-refractivity contribution in [2.24, 2.45) is 5.92 Å². The summed E-state index contributed by atoms with van der Waals surface area (Å²) in [7, 11) is 0. The van der Waals surface area contributed by atoms with Gasteiger partial charge in [0.25, 0.3) is 0 Å². The number of carbonyl (C=O) groups excluding carboxylic acids is 1. The maximum atomic E-state index is 11.8. The zero-order valence-electron chi connectivity index (χ0n) is 10.4. The second-order valence-electron chi connectivity index (χ2n) is 4.71. The van der Waals surface area contributed by atoms with E-state index >= 15 is 0 Å². The first-order valence-electron chi connectivity index (χ1n) is 6.01. The second-order valence-corrected chi connectivity index (χ2v) is 5.36. The van der Waals surface area contributed by atoms with Gasteiger partial charge in [-0.15, -0.1) is 0 Å². The largest absolute Gasteiger partial charge is 0.352 e. The van der Waals surface area contributed by atoms with Crippen LogP contribution < -0.4 is 5.32 Å². The van der Waals surface area contributed by atoms with Crippen LogP contribution in [0, 0.1) is 5.92 Å². The Morgan fingerprint density at radius 3 is 2.47 bits per heavy atom. The van der Waals surface area contributed by atoms with Crippen molar-refractivity contribution in [2.75, 3.05) is 5.33 Å². The summed E-state index contributed by atoms with van der Waals surface area (Å²) in [5.74, 6) is 0.691. The Morgan fingerprint density at radius 2 is 1.94 bits per heavy atom. The molecule has 0 radical (unpaired) electrons. The van der Waals surface area contributed by atoms with Crippen molar-refractivity contribution in [2.45, 2.75) is 32.7 Å². The first kappa shape index (κ1) is 14.2. The number of benzene rings is 1. The molecule has 94 valence electrons. The quantitative estimate of drug-likeness (QED) is 0.803. The molecule has 17 heavy (non-hydrogen) atoms.